The third-order valence-electron chi connectivity index (χ3n) is 5.68. The van der Waals surface area contributed by atoms with Crippen molar-refractivity contribution >= 4 is 5.91 Å². The van der Waals surface area contributed by atoms with E-state index in [4.69, 9.17) is 9.26 Å². The number of imidazole rings is 1. The standard InChI is InChI=1S/C24H22N4O3/c1-15-3-5-16(6-4-15)21-13-20(27-31-21)24(29)28-12-11-19-22(26-14-25-19)23(28)17-7-9-18(30-2)10-8-17/h3-10,13-14,23H,11-12H2,1-2H3,(H,25,26). The molecule has 0 bridgehead atoms. The summed E-state index contributed by atoms with van der Waals surface area (Å²) in [5.74, 6) is 1.15. The lowest BCUT2D eigenvalue weighted by Crippen LogP contribution is -2.40. The number of hydrogen-bond acceptors (Lipinski definition) is 5. The maximum atomic E-state index is 13.5. The van der Waals surface area contributed by atoms with Gasteiger partial charge in [0.25, 0.3) is 5.91 Å². The molecule has 0 aliphatic carbocycles. The molecule has 1 atom stereocenters. The lowest BCUT2D eigenvalue weighted by Gasteiger charge is -2.34. The zero-order valence-electron chi connectivity index (χ0n) is 17.3. The highest BCUT2D eigenvalue weighted by molar-refractivity contribution is 5.94. The van der Waals surface area contributed by atoms with Gasteiger partial charge in [0.1, 0.15) is 11.8 Å². The van der Waals surface area contributed by atoms with Crippen molar-refractivity contribution in [2.75, 3.05) is 13.7 Å². The van der Waals surface area contributed by atoms with Gasteiger partial charge in [0, 0.05) is 30.3 Å². The molecule has 0 fully saturated rings. The molecule has 31 heavy (non-hydrogen) atoms. The highest BCUT2D eigenvalue weighted by atomic mass is 16.5. The fourth-order valence-corrected chi connectivity index (χ4v) is 4.00. The molecule has 3 heterocycles. The first-order chi connectivity index (χ1) is 15.1. The van der Waals surface area contributed by atoms with Crippen molar-refractivity contribution in [2.45, 2.75) is 19.4 Å². The van der Waals surface area contributed by atoms with E-state index in [2.05, 4.69) is 15.1 Å². The third kappa shape index (κ3) is 3.48. The molecular weight excluding hydrogens is 392 g/mol. The quantitative estimate of drug-likeness (QED) is 0.542. The van der Waals surface area contributed by atoms with Gasteiger partial charge in [-0.1, -0.05) is 47.1 Å². The number of methoxy groups -OCH3 is 1. The van der Waals surface area contributed by atoms with Gasteiger partial charge >= 0.3 is 0 Å². The number of fused-ring (bicyclic) bond motifs is 1. The van der Waals surface area contributed by atoms with Crippen LogP contribution in [0.25, 0.3) is 11.3 Å². The number of nitrogens with zero attached hydrogens (tertiary/aromatic N) is 3. The first-order valence-electron chi connectivity index (χ1n) is 10.1. The second-order valence-electron chi connectivity index (χ2n) is 7.63. The molecule has 2 aromatic heterocycles. The Kier molecular flexibility index (Phi) is 4.78. The van der Waals surface area contributed by atoms with E-state index in [0.29, 0.717) is 18.7 Å². The minimum atomic E-state index is -0.312. The predicted octanol–water partition coefficient (Wildman–Crippen LogP) is 4.17. The van der Waals surface area contributed by atoms with Gasteiger partial charge in [-0.2, -0.15) is 0 Å². The van der Waals surface area contributed by atoms with Crippen molar-refractivity contribution in [3.8, 4) is 17.1 Å². The largest absolute Gasteiger partial charge is 0.497 e. The molecule has 1 amide bonds. The van der Waals surface area contributed by atoms with Crippen LogP contribution >= 0.6 is 0 Å². The average Bonchev–Trinajstić information content (AvgIpc) is 3.48. The molecule has 1 aliphatic heterocycles. The molecule has 1 N–H and O–H groups in total. The van der Waals surface area contributed by atoms with Gasteiger partial charge in [-0.15, -0.1) is 0 Å². The normalized spacial score (nSPS) is 15.5. The Balaban J connectivity index is 1.49. The number of aryl methyl sites for hydroxylation is 1. The van der Waals surface area contributed by atoms with Crippen molar-refractivity contribution in [3.05, 3.63) is 89.1 Å². The van der Waals surface area contributed by atoms with E-state index >= 15 is 0 Å². The van der Waals surface area contributed by atoms with Crippen LogP contribution < -0.4 is 4.74 Å². The fraction of sp³-hybridized carbons (Fsp3) is 0.208. The van der Waals surface area contributed by atoms with Crippen LogP contribution in [0.15, 0.2) is 65.4 Å². The lowest BCUT2D eigenvalue weighted by molar-refractivity contribution is 0.0680. The number of benzene rings is 2. The van der Waals surface area contributed by atoms with Gasteiger partial charge in [0.2, 0.25) is 0 Å². The number of carbonyl (C=O) groups excluding carboxylic acids is 1. The van der Waals surface area contributed by atoms with E-state index in [1.54, 1.807) is 19.5 Å². The van der Waals surface area contributed by atoms with Crippen LogP contribution in [0.2, 0.25) is 0 Å². The molecule has 7 heteroatoms. The number of amides is 1. The monoisotopic (exact) mass is 414 g/mol. The first kappa shape index (κ1) is 19.1. The highest BCUT2D eigenvalue weighted by Gasteiger charge is 2.35. The highest BCUT2D eigenvalue weighted by Crippen LogP contribution is 2.35. The number of aromatic nitrogens is 3. The number of hydrogen-bond donors (Lipinski definition) is 1. The molecule has 1 unspecified atom stereocenters. The number of rotatable bonds is 4. The summed E-state index contributed by atoms with van der Waals surface area (Å²) in [5.41, 5.74) is 5.19. The van der Waals surface area contributed by atoms with E-state index in [9.17, 15) is 4.79 Å². The molecule has 5 rings (SSSR count). The maximum Gasteiger partial charge on any atom is 0.276 e. The van der Waals surface area contributed by atoms with E-state index < -0.39 is 0 Å². The van der Waals surface area contributed by atoms with Crippen molar-refractivity contribution in [3.63, 3.8) is 0 Å². The lowest BCUT2D eigenvalue weighted by atomic mass is 9.95. The number of aromatic amines is 1. The number of ether oxygens (including phenoxy) is 1. The van der Waals surface area contributed by atoms with E-state index in [-0.39, 0.29) is 17.6 Å². The topological polar surface area (TPSA) is 84.2 Å². The van der Waals surface area contributed by atoms with E-state index in [1.165, 1.54) is 0 Å². The minimum Gasteiger partial charge on any atom is -0.497 e. The summed E-state index contributed by atoms with van der Waals surface area (Å²) in [6.45, 7) is 2.58. The third-order valence-corrected chi connectivity index (χ3v) is 5.68. The second kappa shape index (κ2) is 7.75. The molecule has 0 saturated heterocycles. The molecule has 0 spiro atoms. The Morgan fingerprint density at radius 1 is 1.16 bits per heavy atom. The molecule has 4 aromatic rings. The van der Waals surface area contributed by atoms with Crippen molar-refractivity contribution in [1.29, 1.82) is 0 Å². The molecule has 156 valence electrons. The van der Waals surface area contributed by atoms with Gasteiger partial charge in [0.05, 0.1) is 19.1 Å². The van der Waals surface area contributed by atoms with Crippen molar-refractivity contribution < 1.29 is 14.1 Å². The number of nitrogens with one attached hydrogen (secondary N) is 1. The summed E-state index contributed by atoms with van der Waals surface area (Å²) in [6, 6.07) is 17.0. The van der Waals surface area contributed by atoms with Crippen LogP contribution in [0.3, 0.4) is 0 Å². The van der Waals surface area contributed by atoms with Crippen LogP contribution in [0.4, 0.5) is 0 Å². The Labute approximate surface area is 179 Å². The summed E-state index contributed by atoms with van der Waals surface area (Å²) in [6.07, 6.45) is 2.39. The number of carbonyl (C=O) groups is 1. The zero-order valence-corrected chi connectivity index (χ0v) is 17.3. The average molecular weight is 414 g/mol. The summed E-state index contributed by atoms with van der Waals surface area (Å²) in [5, 5.41) is 4.07. The van der Waals surface area contributed by atoms with E-state index in [1.807, 2.05) is 60.4 Å². The summed E-state index contributed by atoms with van der Waals surface area (Å²) in [7, 11) is 1.63. The Hall–Kier alpha value is -3.87. The second-order valence-corrected chi connectivity index (χ2v) is 7.63. The maximum absolute atomic E-state index is 13.5. The van der Waals surface area contributed by atoms with Crippen molar-refractivity contribution in [2.24, 2.45) is 0 Å². The van der Waals surface area contributed by atoms with Gasteiger partial charge in [-0.3, -0.25) is 4.79 Å². The molecule has 0 saturated carbocycles. The summed E-state index contributed by atoms with van der Waals surface area (Å²) >= 11 is 0. The molecular formula is C24H22N4O3. The van der Waals surface area contributed by atoms with Crippen LogP contribution in [0.1, 0.15) is 39.0 Å². The fourth-order valence-electron chi connectivity index (χ4n) is 4.00. The Morgan fingerprint density at radius 2 is 1.94 bits per heavy atom. The van der Waals surface area contributed by atoms with Gasteiger partial charge in [0.15, 0.2) is 11.5 Å². The van der Waals surface area contributed by atoms with Gasteiger partial charge in [-0.05, 0) is 24.6 Å². The zero-order chi connectivity index (χ0) is 21.4. The molecule has 2 aromatic carbocycles. The van der Waals surface area contributed by atoms with Crippen LogP contribution in [0, 0.1) is 6.92 Å². The Morgan fingerprint density at radius 3 is 2.68 bits per heavy atom. The van der Waals surface area contributed by atoms with Gasteiger partial charge in [-0.25, -0.2) is 4.98 Å². The first-order valence-corrected chi connectivity index (χ1v) is 10.1. The minimum absolute atomic E-state index is 0.184. The van der Waals surface area contributed by atoms with Crippen molar-refractivity contribution in [1.82, 2.24) is 20.0 Å². The molecule has 7 nitrogen and oxygen atoms in total. The number of H-pyrrole nitrogens is 1. The van der Waals surface area contributed by atoms with E-state index in [0.717, 1.165) is 33.8 Å². The predicted molar refractivity (Wildman–Crippen MR) is 115 cm³/mol. The van der Waals surface area contributed by atoms with Crippen LogP contribution in [-0.4, -0.2) is 39.6 Å². The smallest absolute Gasteiger partial charge is 0.276 e. The van der Waals surface area contributed by atoms with Crippen LogP contribution in [-0.2, 0) is 6.42 Å². The van der Waals surface area contributed by atoms with Crippen LogP contribution in [0.5, 0.6) is 5.75 Å². The Bertz CT molecular complexity index is 1210. The molecule has 1 aliphatic rings. The summed E-state index contributed by atoms with van der Waals surface area (Å²) < 4.78 is 10.8. The SMILES string of the molecule is COc1ccc(C2c3nc[nH]c3CCN2C(=O)c2cc(-c3ccc(C)cc3)on2)cc1. The summed E-state index contributed by atoms with van der Waals surface area (Å²) in [4.78, 5) is 23.0. The van der Waals surface area contributed by atoms with Gasteiger partial charge < -0.3 is 19.1 Å². The molecule has 0 radical (unpaired) electrons.